The number of carbonyl (C=O) groups excluding carboxylic acids is 5. The Morgan fingerprint density at radius 2 is 1.00 bits per heavy atom. The molecule has 0 aromatic rings. The molecule has 7 saturated heterocycles. The maximum atomic E-state index is 16.4. The second-order valence-corrected chi connectivity index (χ2v) is 35.4. The van der Waals surface area contributed by atoms with Gasteiger partial charge in [0.1, 0.15) is 140 Å². The molecule has 12 aliphatic rings. The van der Waals surface area contributed by atoms with Gasteiger partial charge in [-0.2, -0.15) is 0 Å². The number of hydrogen-bond acceptors (Lipinski definition) is 39. The summed E-state index contributed by atoms with van der Waals surface area (Å²) in [6.45, 7) is 15.1. The van der Waals surface area contributed by atoms with Gasteiger partial charge in [-0.1, -0.05) is 53.2 Å². The highest BCUT2D eigenvalue weighted by Gasteiger charge is 2.74. The highest BCUT2D eigenvalue weighted by Crippen LogP contribution is 2.76. The average molecular weight is 1670 g/mol. The third kappa shape index (κ3) is 16.4. The molecule has 116 heavy (non-hydrogen) atoms. The Labute approximate surface area is 667 Å². The zero-order chi connectivity index (χ0) is 85.0. The van der Waals surface area contributed by atoms with Crippen LogP contribution in [0.25, 0.3) is 0 Å². The van der Waals surface area contributed by atoms with Crippen LogP contribution in [0.15, 0.2) is 11.6 Å². The first-order valence-electron chi connectivity index (χ1n) is 39.7. The molecule has 0 spiro atoms. The maximum absolute atomic E-state index is 16.4. The number of aldehydes is 1. The lowest BCUT2D eigenvalue weighted by molar-refractivity contribution is -0.392. The van der Waals surface area contributed by atoms with Crippen LogP contribution >= 0.6 is 0 Å². The number of fused-ring (bicyclic) bond motifs is 7. The van der Waals surface area contributed by atoms with Gasteiger partial charge in [-0.05, 0) is 111 Å². The van der Waals surface area contributed by atoms with E-state index < -0.39 is 316 Å². The number of hydrogen-bond donors (Lipinski definition) is 17. The van der Waals surface area contributed by atoms with Crippen molar-refractivity contribution in [3.8, 4) is 0 Å². The van der Waals surface area contributed by atoms with E-state index >= 15 is 4.79 Å². The molecule has 40 nitrogen and oxygen atoms in total. The van der Waals surface area contributed by atoms with Gasteiger partial charge in [0.05, 0.1) is 49.7 Å². The van der Waals surface area contributed by atoms with Crippen LogP contribution in [-0.4, -0.2) is 364 Å². The quantitative estimate of drug-likeness (QED) is 0.0168. The summed E-state index contributed by atoms with van der Waals surface area (Å²) in [5, 5.41) is 190. The highest BCUT2D eigenvalue weighted by atomic mass is 16.8. The van der Waals surface area contributed by atoms with Gasteiger partial charge < -0.3 is 172 Å². The monoisotopic (exact) mass is 1670 g/mol. The molecule has 0 amide bonds. The molecule has 5 aliphatic carbocycles. The lowest BCUT2D eigenvalue weighted by atomic mass is 9.33. The van der Waals surface area contributed by atoms with E-state index in [9.17, 15) is 111 Å². The minimum Gasteiger partial charge on any atom is -0.479 e. The minimum absolute atomic E-state index is 0.0147. The van der Waals surface area contributed by atoms with Gasteiger partial charge in [-0.15, -0.1) is 0 Å². The predicted molar refractivity (Wildman–Crippen MR) is 377 cm³/mol. The number of aliphatic hydroxyl groups is 16. The van der Waals surface area contributed by atoms with Crippen molar-refractivity contribution in [2.75, 3.05) is 26.4 Å². The van der Waals surface area contributed by atoms with Gasteiger partial charge >= 0.3 is 29.8 Å². The minimum atomic E-state index is -2.25. The molecule has 0 bridgehead atoms. The molecule has 4 saturated carbocycles. The number of ether oxygens (including phenoxy) is 17. The van der Waals surface area contributed by atoms with E-state index in [2.05, 4.69) is 26.8 Å². The van der Waals surface area contributed by atoms with Crippen LogP contribution < -0.4 is 0 Å². The first-order chi connectivity index (χ1) is 54.3. The summed E-state index contributed by atoms with van der Waals surface area (Å²) in [6, 6.07) is 0. The Bertz CT molecular complexity index is 3520. The van der Waals surface area contributed by atoms with Crippen molar-refractivity contribution in [2.45, 2.75) is 349 Å². The summed E-state index contributed by atoms with van der Waals surface area (Å²) in [7, 11) is 0. The Hall–Kier alpha value is -4.40. The molecule has 43 atom stereocenters. The molecule has 7 aliphatic heterocycles. The van der Waals surface area contributed by atoms with Gasteiger partial charge in [0.15, 0.2) is 62.2 Å². The van der Waals surface area contributed by atoms with Crippen LogP contribution in [0.1, 0.15) is 134 Å². The van der Waals surface area contributed by atoms with Gasteiger partial charge in [0.2, 0.25) is 6.29 Å². The fourth-order valence-electron chi connectivity index (χ4n) is 21.1. The molecule has 11 fully saturated rings. The third-order valence-corrected chi connectivity index (χ3v) is 27.7. The first kappa shape index (κ1) is 90.8. The topological polar surface area (TPSA) is 603 Å². The van der Waals surface area contributed by atoms with E-state index in [-0.39, 0.29) is 25.2 Å². The molecule has 0 radical (unpaired) electrons. The van der Waals surface area contributed by atoms with Crippen LogP contribution in [0, 0.1) is 50.2 Å². The van der Waals surface area contributed by atoms with E-state index in [0.717, 1.165) is 32.6 Å². The van der Waals surface area contributed by atoms with Crippen molar-refractivity contribution in [3.63, 3.8) is 0 Å². The van der Waals surface area contributed by atoms with Crippen LogP contribution in [0.2, 0.25) is 0 Å². The predicted octanol–water partition coefficient (Wildman–Crippen LogP) is -5.27. The molecule has 12 rings (SSSR count). The average Bonchev–Trinajstić information content (AvgIpc) is 0.669. The van der Waals surface area contributed by atoms with Gasteiger partial charge in [-0.25, -0.2) is 4.79 Å². The molecule has 43 unspecified atom stereocenters. The summed E-state index contributed by atoms with van der Waals surface area (Å²) >= 11 is 0. The van der Waals surface area contributed by atoms with Crippen LogP contribution in [0.5, 0.6) is 0 Å². The highest BCUT2D eigenvalue weighted by molar-refractivity contribution is 5.80. The molecule has 0 aromatic heterocycles. The molecule has 0 aromatic carbocycles. The summed E-state index contributed by atoms with van der Waals surface area (Å²) in [4.78, 5) is 81.8. The molecule has 660 valence electrons. The number of allylic oxidation sites excluding steroid dienone is 2. The molecular weight excluding hydrogens is 1550 g/mol. The summed E-state index contributed by atoms with van der Waals surface area (Å²) in [5.74, 6) is -7.17. The summed E-state index contributed by atoms with van der Waals surface area (Å²) in [6.07, 6.45) is -60.0. The van der Waals surface area contributed by atoms with Crippen molar-refractivity contribution in [3.05, 3.63) is 11.6 Å². The first-order valence-corrected chi connectivity index (χ1v) is 39.7. The van der Waals surface area contributed by atoms with Crippen LogP contribution in [0.4, 0.5) is 0 Å². The zero-order valence-corrected chi connectivity index (χ0v) is 66.3. The van der Waals surface area contributed by atoms with E-state index in [1.54, 1.807) is 6.92 Å². The lowest BCUT2D eigenvalue weighted by Gasteiger charge is -2.71. The van der Waals surface area contributed by atoms with E-state index in [1.807, 2.05) is 13.8 Å². The van der Waals surface area contributed by atoms with E-state index in [4.69, 9.17) is 80.5 Å². The fraction of sp³-hybridized carbons (Fsp3) is 0.895. The SMILES string of the molecule is CC(=O)OCC1OC(OC2C(OC(C)=O)C(C)OC(OC(=O)C34CCC(C)(C)CC3C3=CCC5C6(C)CCC(OC7OC(C(=O)O)C(O)C(OC8OCC(O)C(O)C8O)C7OC7OC(CO)C(O)C(O)C7O)C(C)(C=O)C6CCC5(C)C3(C)CC4O)C2OC2OC(C)C(OC3OCC(O)C(O)C3O)C(O)C2O)C(O)C(O)C1OC(C)=O. The Morgan fingerprint density at radius 3 is 1.58 bits per heavy atom. The smallest absolute Gasteiger partial charge is 0.335 e. The summed E-state index contributed by atoms with van der Waals surface area (Å²) in [5.41, 5.74) is -5.48. The second kappa shape index (κ2) is 34.7. The zero-order valence-electron chi connectivity index (χ0n) is 66.3. The third-order valence-electron chi connectivity index (χ3n) is 27.7. The normalized spacial score (nSPS) is 51.4. The Kier molecular flexibility index (Phi) is 27.2. The molecule has 7 heterocycles. The Balaban J connectivity index is 0.861. The summed E-state index contributed by atoms with van der Waals surface area (Å²) < 4.78 is 103. The number of carbonyl (C=O) groups is 6. The number of carboxylic acids is 1. The van der Waals surface area contributed by atoms with Crippen molar-refractivity contribution >= 4 is 36.1 Å². The van der Waals surface area contributed by atoms with E-state index in [0.29, 0.717) is 38.5 Å². The van der Waals surface area contributed by atoms with Crippen LogP contribution in [-0.2, 0) is 109 Å². The van der Waals surface area contributed by atoms with Crippen molar-refractivity contribution in [1.82, 2.24) is 0 Å². The Morgan fingerprint density at radius 1 is 0.483 bits per heavy atom. The lowest BCUT2D eigenvalue weighted by Crippen LogP contribution is -2.70. The van der Waals surface area contributed by atoms with Gasteiger partial charge in [-0.3, -0.25) is 19.2 Å². The standard InChI is InChI=1S/C76H116O40/c1-27-54(110-63-48(91)42(85)34(82)23-101-63)46(89)51(94)65(103-27)115-61-59(113-67-52(95)47(90)56(106-31(5)81)37(108-67)25-100-29(3)79)55(105-30(4)80)28(2)104-68(61)116-70(99)76-19-18-71(6,7)20-33(76)32-12-13-39-72(8)16-15-41(73(9,26-78)38(72)14-17-74(39,10)75(32,11)21-40(76)84)109-69-60(114-66-50(93)45(88)44(87)36(22-77)107-66)57(53(96)58(112-69)62(97)98)111-64-49(92)43(86)35(83)24-102-64/h12,26-28,33-61,63-69,77,82-96H,13-25H2,1-11H3,(H,97,98). The van der Waals surface area contributed by atoms with Gasteiger partial charge in [0.25, 0.3) is 0 Å². The fourth-order valence-corrected chi connectivity index (χ4v) is 21.1. The largest absolute Gasteiger partial charge is 0.479 e. The van der Waals surface area contributed by atoms with Crippen molar-refractivity contribution in [2.24, 2.45) is 50.2 Å². The van der Waals surface area contributed by atoms with Gasteiger partial charge in [0, 0.05) is 20.8 Å². The molecule has 17 N–H and O–H groups in total. The number of esters is 4. The second-order valence-electron chi connectivity index (χ2n) is 35.4. The maximum Gasteiger partial charge on any atom is 0.335 e. The number of aliphatic carboxylic acids is 1. The van der Waals surface area contributed by atoms with Crippen molar-refractivity contribution in [1.29, 1.82) is 0 Å². The molecular formula is C76H116O40. The number of rotatable bonds is 21. The number of aliphatic hydroxyl groups excluding tert-OH is 16. The number of carboxylic acid groups (broad SMARTS) is 1. The van der Waals surface area contributed by atoms with Crippen LogP contribution in [0.3, 0.4) is 0 Å². The van der Waals surface area contributed by atoms with E-state index in [1.165, 1.54) is 13.8 Å². The molecule has 40 heteroatoms. The van der Waals surface area contributed by atoms with Crippen molar-refractivity contribution < 1.29 is 196 Å².